The smallest absolute Gasteiger partial charge is 0.221 e. The average Bonchev–Trinajstić information content (AvgIpc) is 2.70. The number of hydrogen-bond donors (Lipinski definition) is 2. The number of nitrogens with zero attached hydrogens (tertiary/aromatic N) is 3. The molecule has 0 aliphatic rings. The zero-order valence-corrected chi connectivity index (χ0v) is 11.3. The number of hydrogen-bond acceptors (Lipinski definition) is 4. The molecule has 2 aromatic heterocycles. The summed E-state index contributed by atoms with van der Waals surface area (Å²) < 4.78 is 1.92. The molecule has 102 valence electrons. The van der Waals surface area contributed by atoms with Gasteiger partial charge in [-0.2, -0.15) is 0 Å². The number of amides is 1. The minimum absolute atomic E-state index is 0.0404. The number of nitrogens with two attached hydrogens (primary N) is 1. The quantitative estimate of drug-likeness (QED) is 0.821. The van der Waals surface area contributed by atoms with Crippen molar-refractivity contribution in [2.75, 3.05) is 6.54 Å². The number of carbonyl (C=O) groups excluding carboxylic acids is 1. The number of fused-ring (bicyclic) bond motifs is 1. The number of carbonyl (C=O) groups is 1. The zero-order valence-electron chi connectivity index (χ0n) is 11.3. The Morgan fingerprint density at radius 3 is 2.95 bits per heavy atom. The molecule has 2 aromatic rings. The van der Waals surface area contributed by atoms with Crippen molar-refractivity contribution in [2.24, 2.45) is 5.73 Å². The number of pyridine rings is 1. The maximum atomic E-state index is 11.6. The van der Waals surface area contributed by atoms with Crippen molar-refractivity contribution < 1.29 is 4.79 Å². The van der Waals surface area contributed by atoms with Gasteiger partial charge in [-0.25, -0.2) is 0 Å². The minimum Gasteiger partial charge on any atom is -0.356 e. The fourth-order valence-electron chi connectivity index (χ4n) is 1.85. The summed E-state index contributed by atoms with van der Waals surface area (Å²) in [6.07, 6.45) is 2.87. The highest BCUT2D eigenvalue weighted by Crippen LogP contribution is 2.04. The van der Waals surface area contributed by atoms with Crippen molar-refractivity contribution in [3.63, 3.8) is 0 Å². The maximum Gasteiger partial charge on any atom is 0.221 e. The molecular formula is C13H19N5O. The van der Waals surface area contributed by atoms with Gasteiger partial charge in [-0.15, -0.1) is 10.2 Å². The van der Waals surface area contributed by atoms with Crippen LogP contribution in [0.1, 0.15) is 26.1 Å². The Balaban J connectivity index is 1.88. The van der Waals surface area contributed by atoms with Gasteiger partial charge >= 0.3 is 0 Å². The summed E-state index contributed by atoms with van der Waals surface area (Å²) in [5.74, 6) is 0.796. The highest BCUT2D eigenvalue weighted by atomic mass is 16.1. The zero-order chi connectivity index (χ0) is 13.9. The van der Waals surface area contributed by atoms with E-state index in [0.717, 1.165) is 11.5 Å². The van der Waals surface area contributed by atoms with E-state index in [1.54, 1.807) is 0 Å². The summed E-state index contributed by atoms with van der Waals surface area (Å²) in [5.41, 5.74) is 6.12. The molecule has 0 aromatic carbocycles. The summed E-state index contributed by atoms with van der Waals surface area (Å²) in [7, 11) is 0. The summed E-state index contributed by atoms with van der Waals surface area (Å²) in [6.45, 7) is 4.20. The van der Waals surface area contributed by atoms with Crippen LogP contribution in [0, 0.1) is 0 Å². The minimum atomic E-state index is -0.481. The van der Waals surface area contributed by atoms with Crippen LogP contribution in [-0.4, -0.2) is 32.6 Å². The lowest BCUT2D eigenvalue weighted by Gasteiger charge is -2.17. The Bertz CT molecular complexity index is 570. The van der Waals surface area contributed by atoms with E-state index < -0.39 is 5.54 Å². The van der Waals surface area contributed by atoms with Crippen molar-refractivity contribution in [1.82, 2.24) is 19.9 Å². The monoisotopic (exact) mass is 261 g/mol. The first-order chi connectivity index (χ1) is 8.96. The predicted octanol–water partition coefficient (Wildman–Crippen LogP) is 0.515. The summed E-state index contributed by atoms with van der Waals surface area (Å²) in [5, 5.41) is 11.0. The SMILES string of the molecule is CC(C)(N)CC(=O)NCCc1nnc2ccccn12. The third kappa shape index (κ3) is 3.75. The Labute approximate surface area is 112 Å². The fourth-order valence-corrected chi connectivity index (χ4v) is 1.85. The number of nitrogens with one attached hydrogen (secondary N) is 1. The largest absolute Gasteiger partial charge is 0.356 e. The molecule has 0 fully saturated rings. The van der Waals surface area contributed by atoms with E-state index in [1.807, 2.05) is 42.6 Å². The average molecular weight is 261 g/mol. The highest BCUT2D eigenvalue weighted by molar-refractivity contribution is 5.77. The van der Waals surface area contributed by atoms with Crippen molar-refractivity contribution in [3.05, 3.63) is 30.2 Å². The van der Waals surface area contributed by atoms with E-state index in [-0.39, 0.29) is 5.91 Å². The summed E-state index contributed by atoms with van der Waals surface area (Å²) in [6, 6.07) is 5.74. The molecule has 0 aliphatic heterocycles. The molecule has 0 saturated heterocycles. The third-order valence-corrected chi connectivity index (χ3v) is 2.67. The van der Waals surface area contributed by atoms with E-state index in [9.17, 15) is 4.79 Å². The first kappa shape index (κ1) is 13.5. The van der Waals surface area contributed by atoms with Crippen LogP contribution >= 0.6 is 0 Å². The molecule has 2 heterocycles. The van der Waals surface area contributed by atoms with Crippen molar-refractivity contribution in [3.8, 4) is 0 Å². The Morgan fingerprint density at radius 1 is 1.42 bits per heavy atom. The van der Waals surface area contributed by atoms with Gasteiger partial charge in [0.05, 0.1) is 0 Å². The van der Waals surface area contributed by atoms with Crippen molar-refractivity contribution in [2.45, 2.75) is 32.2 Å². The van der Waals surface area contributed by atoms with E-state index in [4.69, 9.17) is 5.73 Å². The predicted molar refractivity (Wildman–Crippen MR) is 72.6 cm³/mol. The molecule has 0 unspecified atom stereocenters. The van der Waals surface area contributed by atoms with Gasteiger partial charge in [0.15, 0.2) is 5.65 Å². The van der Waals surface area contributed by atoms with E-state index in [0.29, 0.717) is 19.4 Å². The molecule has 0 saturated carbocycles. The number of rotatable bonds is 5. The van der Waals surface area contributed by atoms with Crippen LogP contribution in [0.3, 0.4) is 0 Å². The van der Waals surface area contributed by atoms with Crippen LogP contribution in [0.2, 0.25) is 0 Å². The van der Waals surface area contributed by atoms with E-state index in [2.05, 4.69) is 15.5 Å². The van der Waals surface area contributed by atoms with Crippen molar-refractivity contribution in [1.29, 1.82) is 0 Å². The fraction of sp³-hybridized carbons (Fsp3) is 0.462. The Morgan fingerprint density at radius 2 is 2.21 bits per heavy atom. The molecule has 2 rings (SSSR count). The van der Waals surface area contributed by atoms with Gasteiger partial charge in [0, 0.05) is 31.1 Å². The van der Waals surface area contributed by atoms with Gasteiger partial charge in [0.2, 0.25) is 5.91 Å². The van der Waals surface area contributed by atoms with E-state index in [1.165, 1.54) is 0 Å². The molecule has 0 radical (unpaired) electrons. The first-order valence-corrected chi connectivity index (χ1v) is 6.30. The lowest BCUT2D eigenvalue weighted by atomic mass is 10.0. The molecule has 0 aliphatic carbocycles. The molecule has 1 amide bonds. The third-order valence-electron chi connectivity index (χ3n) is 2.67. The lowest BCUT2D eigenvalue weighted by Crippen LogP contribution is -2.39. The molecule has 19 heavy (non-hydrogen) atoms. The summed E-state index contributed by atoms with van der Waals surface area (Å²) in [4.78, 5) is 11.6. The van der Waals surface area contributed by atoms with Gasteiger partial charge in [-0.3, -0.25) is 9.20 Å². The van der Waals surface area contributed by atoms with Gasteiger partial charge in [-0.05, 0) is 26.0 Å². The molecule has 0 atom stereocenters. The van der Waals surface area contributed by atoms with Gasteiger partial charge in [0.1, 0.15) is 5.82 Å². The Hall–Kier alpha value is -1.95. The molecular weight excluding hydrogens is 242 g/mol. The van der Waals surface area contributed by atoms with Crippen LogP contribution < -0.4 is 11.1 Å². The molecule has 3 N–H and O–H groups in total. The Kier molecular flexibility index (Phi) is 3.80. The van der Waals surface area contributed by atoms with Crippen LogP contribution in [0.15, 0.2) is 24.4 Å². The molecule has 6 nitrogen and oxygen atoms in total. The topological polar surface area (TPSA) is 85.3 Å². The number of aromatic nitrogens is 3. The molecule has 0 bridgehead atoms. The highest BCUT2D eigenvalue weighted by Gasteiger charge is 2.16. The van der Waals surface area contributed by atoms with Crippen LogP contribution in [0.5, 0.6) is 0 Å². The maximum absolute atomic E-state index is 11.6. The lowest BCUT2D eigenvalue weighted by molar-refractivity contribution is -0.121. The van der Waals surface area contributed by atoms with Crippen LogP contribution in [-0.2, 0) is 11.2 Å². The van der Waals surface area contributed by atoms with Crippen LogP contribution in [0.25, 0.3) is 5.65 Å². The second-order valence-electron chi connectivity index (χ2n) is 5.31. The normalized spacial score (nSPS) is 11.7. The standard InChI is InChI=1S/C13H19N5O/c1-13(2,14)9-12(19)15-7-6-11-17-16-10-5-3-4-8-18(10)11/h3-5,8H,6-7,9,14H2,1-2H3,(H,15,19). The molecule has 0 spiro atoms. The first-order valence-electron chi connectivity index (χ1n) is 6.30. The van der Waals surface area contributed by atoms with Gasteiger partial charge in [-0.1, -0.05) is 6.07 Å². The second kappa shape index (κ2) is 5.36. The second-order valence-corrected chi connectivity index (χ2v) is 5.31. The molecule has 6 heteroatoms. The van der Waals surface area contributed by atoms with Gasteiger partial charge in [0.25, 0.3) is 0 Å². The van der Waals surface area contributed by atoms with Gasteiger partial charge < -0.3 is 11.1 Å². The summed E-state index contributed by atoms with van der Waals surface area (Å²) >= 11 is 0. The van der Waals surface area contributed by atoms with Crippen LogP contribution in [0.4, 0.5) is 0 Å². The van der Waals surface area contributed by atoms with E-state index >= 15 is 0 Å². The van der Waals surface area contributed by atoms with Crippen molar-refractivity contribution >= 4 is 11.6 Å².